The Labute approximate surface area is 119 Å². The highest BCUT2D eigenvalue weighted by Crippen LogP contribution is 2.37. The van der Waals surface area contributed by atoms with Gasteiger partial charge in [0, 0.05) is 13.1 Å². The van der Waals surface area contributed by atoms with Gasteiger partial charge >= 0.3 is 0 Å². The van der Waals surface area contributed by atoms with Crippen LogP contribution in [-0.4, -0.2) is 27.9 Å². The molecule has 106 valence electrons. The van der Waals surface area contributed by atoms with Crippen molar-refractivity contribution in [3.63, 3.8) is 0 Å². The normalized spacial score (nSPS) is 21.5. The minimum atomic E-state index is 0.582. The summed E-state index contributed by atoms with van der Waals surface area (Å²) in [5.74, 6) is 2.57. The van der Waals surface area contributed by atoms with Crippen molar-refractivity contribution in [1.82, 2.24) is 20.1 Å². The Morgan fingerprint density at radius 1 is 1.30 bits per heavy atom. The van der Waals surface area contributed by atoms with Gasteiger partial charge in [0.25, 0.3) is 0 Å². The van der Waals surface area contributed by atoms with Crippen molar-refractivity contribution in [1.29, 1.82) is 0 Å². The summed E-state index contributed by atoms with van der Waals surface area (Å²) in [5.41, 5.74) is 1.41. The van der Waals surface area contributed by atoms with E-state index in [9.17, 15) is 0 Å². The standard InChI is InChI=1S/C15H20N4O/c1-19-10-17-18-15(19)9-16-13-7-12(8-13)11-3-5-14(20-2)6-4-11/h3-6,10,12-13,16H,7-9H2,1-2H3. The zero-order valence-electron chi connectivity index (χ0n) is 11.9. The largest absolute Gasteiger partial charge is 0.497 e. The van der Waals surface area contributed by atoms with Crippen LogP contribution in [0.1, 0.15) is 30.1 Å². The minimum Gasteiger partial charge on any atom is -0.497 e. The molecule has 0 radical (unpaired) electrons. The Kier molecular flexibility index (Phi) is 3.69. The number of ether oxygens (including phenoxy) is 1. The van der Waals surface area contributed by atoms with Crippen LogP contribution in [0.25, 0.3) is 0 Å². The Morgan fingerprint density at radius 2 is 2.05 bits per heavy atom. The zero-order valence-corrected chi connectivity index (χ0v) is 11.9. The number of nitrogens with one attached hydrogen (secondary N) is 1. The minimum absolute atomic E-state index is 0.582. The smallest absolute Gasteiger partial charge is 0.146 e. The first-order valence-electron chi connectivity index (χ1n) is 6.96. The molecule has 0 aliphatic heterocycles. The molecule has 0 amide bonds. The van der Waals surface area contributed by atoms with Crippen LogP contribution >= 0.6 is 0 Å². The predicted octanol–water partition coefficient (Wildman–Crippen LogP) is 1.86. The summed E-state index contributed by atoms with van der Waals surface area (Å²) in [5, 5.41) is 11.5. The predicted molar refractivity (Wildman–Crippen MR) is 76.6 cm³/mol. The van der Waals surface area contributed by atoms with E-state index >= 15 is 0 Å². The first-order chi connectivity index (χ1) is 9.76. The van der Waals surface area contributed by atoms with Crippen LogP contribution in [0.15, 0.2) is 30.6 Å². The third kappa shape index (κ3) is 2.67. The number of methoxy groups -OCH3 is 1. The van der Waals surface area contributed by atoms with Gasteiger partial charge in [0.2, 0.25) is 0 Å². The number of nitrogens with zero attached hydrogens (tertiary/aromatic N) is 3. The van der Waals surface area contributed by atoms with E-state index in [1.165, 1.54) is 18.4 Å². The van der Waals surface area contributed by atoms with Crippen LogP contribution < -0.4 is 10.1 Å². The lowest BCUT2D eigenvalue weighted by molar-refractivity contribution is 0.286. The van der Waals surface area contributed by atoms with Crippen molar-refractivity contribution in [2.24, 2.45) is 7.05 Å². The Hall–Kier alpha value is -1.88. The molecule has 5 nitrogen and oxygen atoms in total. The van der Waals surface area contributed by atoms with Gasteiger partial charge in [0.15, 0.2) is 0 Å². The summed E-state index contributed by atoms with van der Waals surface area (Å²) in [7, 11) is 3.67. The second-order valence-corrected chi connectivity index (χ2v) is 5.38. The number of benzene rings is 1. The van der Waals surface area contributed by atoms with Crippen LogP contribution in [0.5, 0.6) is 5.75 Å². The van der Waals surface area contributed by atoms with Crippen LogP contribution in [0.2, 0.25) is 0 Å². The highest BCUT2D eigenvalue weighted by molar-refractivity contribution is 5.30. The number of rotatable bonds is 5. The summed E-state index contributed by atoms with van der Waals surface area (Å²) in [6.45, 7) is 0.788. The topological polar surface area (TPSA) is 52.0 Å². The first-order valence-corrected chi connectivity index (χ1v) is 6.96. The summed E-state index contributed by atoms with van der Waals surface area (Å²) in [4.78, 5) is 0. The van der Waals surface area contributed by atoms with Gasteiger partial charge in [-0.1, -0.05) is 12.1 Å². The van der Waals surface area contributed by atoms with Crippen LogP contribution in [0.3, 0.4) is 0 Å². The maximum atomic E-state index is 5.19. The first kappa shape index (κ1) is 13.1. The molecule has 1 fully saturated rings. The molecule has 1 aliphatic rings. The Balaban J connectivity index is 1.47. The van der Waals surface area contributed by atoms with E-state index in [2.05, 4.69) is 27.6 Å². The number of aromatic nitrogens is 3. The molecule has 1 aromatic heterocycles. The van der Waals surface area contributed by atoms with E-state index in [4.69, 9.17) is 4.74 Å². The summed E-state index contributed by atoms with van der Waals surface area (Å²) < 4.78 is 7.14. The van der Waals surface area contributed by atoms with Gasteiger partial charge in [0.05, 0.1) is 13.7 Å². The van der Waals surface area contributed by atoms with Crippen LogP contribution in [-0.2, 0) is 13.6 Å². The second-order valence-electron chi connectivity index (χ2n) is 5.38. The van der Waals surface area contributed by atoms with Crippen molar-refractivity contribution < 1.29 is 4.74 Å². The van der Waals surface area contributed by atoms with Crippen molar-refractivity contribution in [2.45, 2.75) is 31.3 Å². The molecule has 1 aromatic carbocycles. The zero-order chi connectivity index (χ0) is 13.9. The maximum absolute atomic E-state index is 5.19. The molecule has 1 N–H and O–H groups in total. The van der Waals surface area contributed by atoms with Crippen molar-refractivity contribution >= 4 is 0 Å². The van der Waals surface area contributed by atoms with Crippen LogP contribution in [0, 0.1) is 0 Å². The highest BCUT2D eigenvalue weighted by atomic mass is 16.5. The van der Waals surface area contributed by atoms with Gasteiger partial charge in [-0.2, -0.15) is 0 Å². The number of hydrogen-bond acceptors (Lipinski definition) is 4. The van der Waals surface area contributed by atoms with Gasteiger partial charge < -0.3 is 14.6 Å². The molecule has 0 spiro atoms. The molecule has 1 aliphatic carbocycles. The summed E-state index contributed by atoms with van der Waals surface area (Å²) in [6.07, 6.45) is 4.10. The molecule has 0 saturated heterocycles. The van der Waals surface area contributed by atoms with E-state index in [0.717, 1.165) is 18.1 Å². The Bertz CT molecular complexity index is 558. The van der Waals surface area contributed by atoms with E-state index in [1.54, 1.807) is 13.4 Å². The monoisotopic (exact) mass is 272 g/mol. The summed E-state index contributed by atoms with van der Waals surface area (Å²) >= 11 is 0. The average molecular weight is 272 g/mol. The lowest BCUT2D eigenvalue weighted by Crippen LogP contribution is -2.40. The van der Waals surface area contributed by atoms with Gasteiger partial charge in [-0.25, -0.2) is 0 Å². The fraction of sp³-hybridized carbons (Fsp3) is 0.467. The molecule has 2 aromatic rings. The molecule has 0 atom stereocenters. The van der Waals surface area contributed by atoms with E-state index in [-0.39, 0.29) is 0 Å². The van der Waals surface area contributed by atoms with Crippen molar-refractivity contribution in [2.75, 3.05) is 7.11 Å². The third-order valence-electron chi connectivity index (χ3n) is 4.08. The van der Waals surface area contributed by atoms with Crippen LogP contribution in [0.4, 0.5) is 0 Å². The van der Waals surface area contributed by atoms with Gasteiger partial charge in [0.1, 0.15) is 17.9 Å². The van der Waals surface area contributed by atoms with E-state index < -0.39 is 0 Å². The number of aryl methyl sites for hydroxylation is 1. The molecule has 1 saturated carbocycles. The highest BCUT2D eigenvalue weighted by Gasteiger charge is 2.29. The fourth-order valence-electron chi connectivity index (χ4n) is 2.64. The quantitative estimate of drug-likeness (QED) is 0.902. The molecular weight excluding hydrogens is 252 g/mol. The fourth-order valence-corrected chi connectivity index (χ4v) is 2.64. The lowest BCUT2D eigenvalue weighted by atomic mass is 9.76. The maximum Gasteiger partial charge on any atom is 0.146 e. The molecule has 3 rings (SSSR count). The van der Waals surface area contributed by atoms with Crippen molar-refractivity contribution in [3.05, 3.63) is 42.0 Å². The average Bonchev–Trinajstić information content (AvgIpc) is 2.83. The number of hydrogen-bond donors (Lipinski definition) is 1. The third-order valence-corrected chi connectivity index (χ3v) is 4.08. The van der Waals surface area contributed by atoms with Gasteiger partial charge in [-0.3, -0.25) is 0 Å². The van der Waals surface area contributed by atoms with E-state index in [0.29, 0.717) is 12.0 Å². The molecule has 5 heteroatoms. The van der Waals surface area contributed by atoms with Gasteiger partial charge in [-0.05, 0) is 36.5 Å². The van der Waals surface area contributed by atoms with Crippen molar-refractivity contribution in [3.8, 4) is 5.75 Å². The van der Waals surface area contributed by atoms with Gasteiger partial charge in [-0.15, -0.1) is 10.2 Å². The molecule has 0 unspecified atom stereocenters. The summed E-state index contributed by atoms with van der Waals surface area (Å²) in [6, 6.07) is 8.99. The SMILES string of the molecule is COc1ccc(C2CC(NCc3nncn3C)C2)cc1. The Morgan fingerprint density at radius 3 is 2.65 bits per heavy atom. The second kappa shape index (κ2) is 5.63. The molecule has 0 bridgehead atoms. The molecule has 1 heterocycles. The molecular formula is C15H20N4O. The lowest BCUT2D eigenvalue weighted by Gasteiger charge is -2.36. The van der Waals surface area contributed by atoms with E-state index in [1.807, 2.05) is 23.7 Å². The molecule has 20 heavy (non-hydrogen) atoms.